The average molecular weight is 310 g/mol. The summed E-state index contributed by atoms with van der Waals surface area (Å²) in [5, 5.41) is 0. The molecule has 0 unspecified atom stereocenters. The first-order chi connectivity index (χ1) is 9.49. The molecule has 0 radical (unpaired) electrons. The van der Waals surface area contributed by atoms with Crippen LogP contribution >= 0.6 is 0 Å². The van der Waals surface area contributed by atoms with Crippen LogP contribution in [0, 0.1) is 10.8 Å². The van der Waals surface area contributed by atoms with Crippen molar-refractivity contribution in [3.05, 3.63) is 24.3 Å². The van der Waals surface area contributed by atoms with Gasteiger partial charge in [0, 0.05) is 11.7 Å². The summed E-state index contributed by atoms with van der Waals surface area (Å²) in [6.07, 6.45) is 2.83. The molecular formula is C16H26N2O2S. The number of hydrogen-bond acceptors (Lipinski definition) is 3. The number of nitrogen functional groups attached to an aromatic ring is 1. The van der Waals surface area contributed by atoms with E-state index >= 15 is 0 Å². The maximum atomic E-state index is 12.5. The molecule has 2 rings (SSSR count). The minimum absolute atomic E-state index is 0.0322. The fourth-order valence-corrected chi connectivity index (χ4v) is 5.19. The van der Waals surface area contributed by atoms with Gasteiger partial charge in [-0.2, -0.15) is 0 Å². The van der Waals surface area contributed by atoms with E-state index < -0.39 is 10.0 Å². The molecule has 5 heteroatoms. The fraction of sp³-hybridized carbons (Fsp3) is 0.625. The SMILES string of the molecule is CC1(C)CC(NS(=O)(=O)c2cccc(N)c2)CC(C)(C)C1. The quantitative estimate of drug-likeness (QED) is 0.842. The third-order valence-electron chi connectivity index (χ3n) is 4.05. The van der Waals surface area contributed by atoms with Crippen LogP contribution in [-0.4, -0.2) is 14.5 Å². The number of rotatable bonds is 3. The van der Waals surface area contributed by atoms with Crippen LogP contribution in [-0.2, 0) is 10.0 Å². The van der Waals surface area contributed by atoms with Gasteiger partial charge in [-0.15, -0.1) is 0 Å². The highest BCUT2D eigenvalue weighted by Gasteiger charge is 2.39. The van der Waals surface area contributed by atoms with E-state index in [-0.39, 0.29) is 21.8 Å². The molecule has 0 atom stereocenters. The van der Waals surface area contributed by atoms with Crippen molar-refractivity contribution in [1.29, 1.82) is 0 Å². The average Bonchev–Trinajstić information content (AvgIpc) is 2.23. The van der Waals surface area contributed by atoms with Gasteiger partial charge in [0.2, 0.25) is 10.0 Å². The van der Waals surface area contributed by atoms with Crippen molar-refractivity contribution in [2.24, 2.45) is 10.8 Å². The Balaban J connectivity index is 2.20. The van der Waals surface area contributed by atoms with E-state index in [1.807, 2.05) is 0 Å². The molecule has 0 saturated heterocycles. The van der Waals surface area contributed by atoms with Gasteiger partial charge in [-0.05, 0) is 48.3 Å². The maximum absolute atomic E-state index is 12.5. The molecule has 0 amide bonds. The Morgan fingerprint density at radius 1 is 1.14 bits per heavy atom. The zero-order valence-electron chi connectivity index (χ0n) is 13.3. The molecule has 1 aliphatic rings. The highest BCUT2D eigenvalue weighted by Crippen LogP contribution is 2.45. The molecule has 1 saturated carbocycles. The van der Waals surface area contributed by atoms with Crippen molar-refractivity contribution < 1.29 is 8.42 Å². The topological polar surface area (TPSA) is 72.2 Å². The van der Waals surface area contributed by atoms with Crippen LogP contribution in [0.4, 0.5) is 5.69 Å². The van der Waals surface area contributed by atoms with Crippen LogP contribution in [0.2, 0.25) is 0 Å². The highest BCUT2D eigenvalue weighted by atomic mass is 32.2. The van der Waals surface area contributed by atoms with E-state index in [0.717, 1.165) is 19.3 Å². The van der Waals surface area contributed by atoms with Gasteiger partial charge in [-0.1, -0.05) is 33.8 Å². The van der Waals surface area contributed by atoms with Crippen molar-refractivity contribution in [2.45, 2.75) is 57.9 Å². The summed E-state index contributed by atoms with van der Waals surface area (Å²) >= 11 is 0. The maximum Gasteiger partial charge on any atom is 0.240 e. The largest absolute Gasteiger partial charge is 0.399 e. The van der Waals surface area contributed by atoms with Crippen LogP contribution in [0.25, 0.3) is 0 Å². The molecule has 1 aromatic carbocycles. The van der Waals surface area contributed by atoms with Crippen molar-refractivity contribution in [3.8, 4) is 0 Å². The van der Waals surface area contributed by atoms with E-state index in [9.17, 15) is 8.42 Å². The molecule has 1 aliphatic carbocycles. The molecule has 1 fully saturated rings. The molecule has 21 heavy (non-hydrogen) atoms. The third kappa shape index (κ3) is 4.20. The molecule has 118 valence electrons. The Kier molecular flexibility index (Phi) is 4.10. The Hall–Kier alpha value is -1.07. The molecular weight excluding hydrogens is 284 g/mol. The van der Waals surface area contributed by atoms with E-state index in [1.165, 1.54) is 6.07 Å². The number of anilines is 1. The Labute approximate surface area is 128 Å². The van der Waals surface area contributed by atoms with Crippen LogP contribution in [0.3, 0.4) is 0 Å². The second kappa shape index (κ2) is 5.29. The first kappa shape index (κ1) is 16.3. The second-order valence-electron chi connectivity index (χ2n) is 7.80. The fourth-order valence-electron chi connectivity index (χ4n) is 3.90. The zero-order valence-corrected chi connectivity index (χ0v) is 14.1. The van der Waals surface area contributed by atoms with Gasteiger partial charge in [0.05, 0.1) is 4.90 Å². The summed E-state index contributed by atoms with van der Waals surface area (Å²) in [5.74, 6) is 0. The molecule has 3 N–H and O–H groups in total. The molecule has 0 aliphatic heterocycles. The van der Waals surface area contributed by atoms with E-state index in [4.69, 9.17) is 5.73 Å². The van der Waals surface area contributed by atoms with E-state index in [1.54, 1.807) is 18.2 Å². The smallest absolute Gasteiger partial charge is 0.240 e. The van der Waals surface area contributed by atoms with Crippen LogP contribution in [0.5, 0.6) is 0 Å². The van der Waals surface area contributed by atoms with E-state index in [2.05, 4.69) is 32.4 Å². The minimum atomic E-state index is -3.51. The number of sulfonamides is 1. The van der Waals surface area contributed by atoms with Gasteiger partial charge in [0.15, 0.2) is 0 Å². The van der Waals surface area contributed by atoms with Gasteiger partial charge < -0.3 is 5.73 Å². The van der Waals surface area contributed by atoms with Crippen LogP contribution < -0.4 is 10.5 Å². The van der Waals surface area contributed by atoms with Crippen molar-refractivity contribution in [3.63, 3.8) is 0 Å². The lowest BCUT2D eigenvalue weighted by molar-refractivity contribution is 0.0934. The summed E-state index contributed by atoms with van der Waals surface area (Å²) in [4.78, 5) is 0.240. The van der Waals surface area contributed by atoms with Crippen LogP contribution in [0.15, 0.2) is 29.2 Å². The predicted molar refractivity (Wildman–Crippen MR) is 86.4 cm³/mol. The Morgan fingerprint density at radius 3 is 2.24 bits per heavy atom. The second-order valence-corrected chi connectivity index (χ2v) is 9.52. The molecule has 1 aromatic rings. The minimum Gasteiger partial charge on any atom is -0.399 e. The summed E-state index contributed by atoms with van der Waals surface area (Å²) in [5.41, 5.74) is 6.43. The Morgan fingerprint density at radius 2 is 1.71 bits per heavy atom. The van der Waals surface area contributed by atoms with Crippen molar-refractivity contribution in [2.75, 3.05) is 5.73 Å². The lowest BCUT2D eigenvalue weighted by Crippen LogP contribution is -2.45. The standard InChI is InChI=1S/C16H26N2O2S/c1-15(2)9-13(10-16(3,4)11-15)18-21(19,20)14-7-5-6-12(17)8-14/h5-8,13,18H,9-11,17H2,1-4H3. The lowest BCUT2D eigenvalue weighted by atomic mass is 9.64. The lowest BCUT2D eigenvalue weighted by Gasteiger charge is -2.45. The summed E-state index contributed by atoms with van der Waals surface area (Å²) in [6, 6.07) is 6.40. The summed E-state index contributed by atoms with van der Waals surface area (Å²) in [7, 11) is -3.51. The predicted octanol–water partition coefficient (Wildman–Crippen LogP) is 3.15. The number of nitrogens with one attached hydrogen (secondary N) is 1. The monoisotopic (exact) mass is 310 g/mol. The molecule has 0 spiro atoms. The van der Waals surface area contributed by atoms with Crippen molar-refractivity contribution in [1.82, 2.24) is 4.72 Å². The molecule has 0 bridgehead atoms. The Bertz CT molecular complexity index is 605. The number of benzene rings is 1. The van der Waals surface area contributed by atoms with Gasteiger partial charge in [-0.25, -0.2) is 13.1 Å². The van der Waals surface area contributed by atoms with Gasteiger partial charge in [0.1, 0.15) is 0 Å². The zero-order chi connectivity index (χ0) is 15.9. The van der Waals surface area contributed by atoms with Crippen molar-refractivity contribution >= 4 is 15.7 Å². The number of hydrogen-bond donors (Lipinski definition) is 2. The van der Waals surface area contributed by atoms with Gasteiger partial charge in [0.25, 0.3) is 0 Å². The van der Waals surface area contributed by atoms with Gasteiger partial charge >= 0.3 is 0 Å². The van der Waals surface area contributed by atoms with Gasteiger partial charge in [-0.3, -0.25) is 0 Å². The first-order valence-electron chi connectivity index (χ1n) is 7.37. The highest BCUT2D eigenvalue weighted by molar-refractivity contribution is 7.89. The summed E-state index contributed by atoms with van der Waals surface area (Å²) in [6.45, 7) is 8.82. The van der Waals surface area contributed by atoms with E-state index in [0.29, 0.717) is 5.69 Å². The normalized spacial score (nSPS) is 22.1. The molecule has 4 nitrogen and oxygen atoms in total. The first-order valence-corrected chi connectivity index (χ1v) is 8.85. The summed E-state index contributed by atoms with van der Waals surface area (Å²) < 4.78 is 27.9. The van der Waals surface area contributed by atoms with Crippen LogP contribution in [0.1, 0.15) is 47.0 Å². The molecule has 0 aromatic heterocycles. The molecule has 0 heterocycles. The third-order valence-corrected chi connectivity index (χ3v) is 5.56. The number of nitrogens with two attached hydrogens (primary N) is 1.